The molecule has 3 rings (SSSR count). The summed E-state index contributed by atoms with van der Waals surface area (Å²) in [4.78, 5) is 42.7. The number of aromatic amines is 1. The van der Waals surface area contributed by atoms with Crippen molar-refractivity contribution in [3.63, 3.8) is 0 Å². The first-order chi connectivity index (χ1) is 11.3. The van der Waals surface area contributed by atoms with Crippen LogP contribution in [0.4, 0.5) is 4.79 Å². The Kier molecular flexibility index (Phi) is 3.77. The van der Waals surface area contributed by atoms with Crippen LogP contribution in [0.5, 0.6) is 0 Å². The van der Waals surface area contributed by atoms with Gasteiger partial charge in [-0.1, -0.05) is 0 Å². The molecule has 24 heavy (non-hydrogen) atoms. The molecule has 130 valence electrons. The number of urea groups is 1. The first-order valence-electron chi connectivity index (χ1n) is 7.98. The summed E-state index contributed by atoms with van der Waals surface area (Å²) < 4.78 is 5.01. The lowest BCUT2D eigenvalue weighted by Crippen LogP contribution is -2.70. The number of nitrogens with one attached hydrogen (secondary N) is 2. The number of H-pyrrole nitrogens is 1. The Balaban J connectivity index is 1.78. The van der Waals surface area contributed by atoms with Gasteiger partial charge in [0.15, 0.2) is 0 Å². The number of esters is 1. The fourth-order valence-electron chi connectivity index (χ4n) is 3.46. The fraction of sp³-hybridized carbons (Fsp3) is 0.562. The Morgan fingerprint density at radius 3 is 2.50 bits per heavy atom. The highest BCUT2D eigenvalue weighted by Crippen LogP contribution is 2.32. The maximum Gasteiger partial charge on any atom is 0.355 e. The van der Waals surface area contributed by atoms with Crippen molar-refractivity contribution in [1.82, 2.24) is 20.1 Å². The molecule has 1 aromatic rings. The first kappa shape index (κ1) is 16.4. The van der Waals surface area contributed by atoms with Crippen molar-refractivity contribution in [2.45, 2.75) is 26.3 Å². The van der Waals surface area contributed by atoms with Crippen LogP contribution < -0.4 is 5.32 Å². The third-order valence-corrected chi connectivity index (χ3v) is 4.97. The summed E-state index contributed by atoms with van der Waals surface area (Å²) in [5.74, 6) is -0.585. The van der Waals surface area contributed by atoms with Gasteiger partial charge in [-0.2, -0.15) is 0 Å². The van der Waals surface area contributed by atoms with Crippen LogP contribution in [0.2, 0.25) is 0 Å². The van der Waals surface area contributed by atoms with Crippen molar-refractivity contribution in [3.05, 3.63) is 22.5 Å². The van der Waals surface area contributed by atoms with E-state index in [1.54, 1.807) is 37.6 Å². The number of aryl methyl sites for hydroxylation is 1. The summed E-state index contributed by atoms with van der Waals surface area (Å²) >= 11 is 0. The molecule has 3 heterocycles. The van der Waals surface area contributed by atoms with E-state index in [1.807, 2.05) is 0 Å². The van der Waals surface area contributed by atoms with E-state index in [2.05, 4.69) is 10.3 Å². The van der Waals surface area contributed by atoms with E-state index in [9.17, 15) is 14.4 Å². The Morgan fingerprint density at radius 1 is 1.29 bits per heavy atom. The van der Waals surface area contributed by atoms with Crippen molar-refractivity contribution in [3.8, 4) is 0 Å². The molecular formula is C16H22N4O4. The van der Waals surface area contributed by atoms with Crippen LogP contribution in [0.1, 0.15) is 39.0 Å². The van der Waals surface area contributed by atoms with Crippen LogP contribution in [0.3, 0.4) is 0 Å². The lowest BCUT2D eigenvalue weighted by Gasteiger charge is -2.50. The average Bonchev–Trinajstić information content (AvgIpc) is 2.95. The molecule has 0 unspecified atom stereocenters. The van der Waals surface area contributed by atoms with Gasteiger partial charge in [0.05, 0.1) is 17.7 Å². The van der Waals surface area contributed by atoms with E-state index < -0.39 is 5.97 Å². The molecule has 2 aliphatic rings. The van der Waals surface area contributed by atoms with E-state index in [1.165, 1.54) is 0 Å². The van der Waals surface area contributed by atoms with Crippen LogP contribution in [0.15, 0.2) is 0 Å². The molecule has 0 saturated carbocycles. The minimum Gasteiger partial charge on any atom is -0.461 e. The van der Waals surface area contributed by atoms with Crippen molar-refractivity contribution in [2.24, 2.45) is 0 Å². The Labute approximate surface area is 140 Å². The van der Waals surface area contributed by atoms with E-state index in [0.717, 1.165) is 0 Å². The topological polar surface area (TPSA) is 94.7 Å². The number of likely N-dealkylation sites (tertiary alicyclic amines) is 1. The smallest absolute Gasteiger partial charge is 0.355 e. The third kappa shape index (κ3) is 2.24. The second-order valence-corrected chi connectivity index (χ2v) is 6.45. The van der Waals surface area contributed by atoms with Crippen LogP contribution in [0, 0.1) is 13.8 Å². The molecule has 8 nitrogen and oxygen atoms in total. The quantitative estimate of drug-likeness (QED) is 0.794. The zero-order chi connectivity index (χ0) is 17.6. The highest BCUT2D eigenvalue weighted by Gasteiger charge is 2.53. The molecule has 8 heteroatoms. The molecule has 1 spiro atoms. The largest absolute Gasteiger partial charge is 0.461 e. The normalized spacial score (nSPS) is 18.6. The number of amides is 3. The highest BCUT2D eigenvalue weighted by molar-refractivity contribution is 6.01. The number of aromatic nitrogens is 1. The Bertz CT molecular complexity index is 718. The molecule has 0 bridgehead atoms. The van der Waals surface area contributed by atoms with E-state index >= 15 is 0 Å². The predicted molar refractivity (Wildman–Crippen MR) is 86.0 cm³/mol. The Hall–Kier alpha value is -2.51. The minimum absolute atomic E-state index is 0.110. The van der Waals surface area contributed by atoms with Gasteiger partial charge < -0.3 is 24.8 Å². The molecule has 2 fully saturated rings. The number of carbonyl (C=O) groups is 3. The van der Waals surface area contributed by atoms with Gasteiger partial charge in [0.1, 0.15) is 5.69 Å². The van der Waals surface area contributed by atoms with Gasteiger partial charge in [-0.25, -0.2) is 9.59 Å². The molecule has 3 amide bonds. The summed E-state index contributed by atoms with van der Waals surface area (Å²) in [5.41, 5.74) is 1.77. The molecule has 1 aromatic heterocycles. The van der Waals surface area contributed by atoms with E-state index in [0.29, 0.717) is 42.1 Å². The van der Waals surface area contributed by atoms with Gasteiger partial charge in [0.25, 0.3) is 5.91 Å². The van der Waals surface area contributed by atoms with Gasteiger partial charge >= 0.3 is 12.0 Å². The number of rotatable bonds is 3. The highest BCUT2D eigenvalue weighted by atomic mass is 16.5. The molecule has 0 aromatic carbocycles. The van der Waals surface area contributed by atoms with Crippen LogP contribution in [0.25, 0.3) is 0 Å². The van der Waals surface area contributed by atoms with Gasteiger partial charge in [0.2, 0.25) is 0 Å². The van der Waals surface area contributed by atoms with Crippen LogP contribution in [-0.2, 0) is 4.74 Å². The van der Waals surface area contributed by atoms with Crippen LogP contribution in [-0.4, -0.2) is 71.5 Å². The van der Waals surface area contributed by atoms with Gasteiger partial charge in [-0.05, 0) is 26.3 Å². The summed E-state index contributed by atoms with van der Waals surface area (Å²) in [6, 6.07) is -0.110. The van der Waals surface area contributed by atoms with E-state index in [4.69, 9.17) is 4.74 Å². The molecule has 0 radical (unpaired) electrons. The predicted octanol–water partition coefficient (Wildman–Crippen LogP) is 0.658. The SMILES string of the molecule is CCOC(=O)c1[nH]c(C)c(C(=O)N2CC3(CNC(=O)N3C)C2)c1C. The fourth-order valence-corrected chi connectivity index (χ4v) is 3.46. The summed E-state index contributed by atoms with van der Waals surface area (Å²) in [7, 11) is 1.75. The lowest BCUT2D eigenvalue weighted by atomic mass is 9.88. The van der Waals surface area contributed by atoms with Gasteiger partial charge in [-0.3, -0.25) is 4.79 Å². The third-order valence-electron chi connectivity index (χ3n) is 4.97. The molecule has 2 aliphatic heterocycles. The maximum atomic E-state index is 12.8. The van der Waals surface area contributed by atoms with E-state index in [-0.39, 0.29) is 24.1 Å². The molecule has 2 N–H and O–H groups in total. The van der Waals surface area contributed by atoms with Crippen molar-refractivity contribution >= 4 is 17.9 Å². The number of hydrogen-bond donors (Lipinski definition) is 2. The summed E-state index contributed by atoms with van der Waals surface area (Å²) in [6.45, 7) is 7.05. The number of hydrogen-bond acceptors (Lipinski definition) is 4. The number of nitrogens with zero attached hydrogens (tertiary/aromatic N) is 2. The average molecular weight is 334 g/mol. The van der Waals surface area contributed by atoms with Gasteiger partial charge in [-0.15, -0.1) is 0 Å². The zero-order valence-corrected chi connectivity index (χ0v) is 14.4. The summed E-state index contributed by atoms with van der Waals surface area (Å²) in [5, 5.41) is 2.80. The molecule has 0 atom stereocenters. The second-order valence-electron chi connectivity index (χ2n) is 6.45. The zero-order valence-electron chi connectivity index (χ0n) is 14.4. The molecular weight excluding hydrogens is 312 g/mol. The lowest BCUT2D eigenvalue weighted by molar-refractivity contribution is 0.00767. The Morgan fingerprint density at radius 2 is 1.96 bits per heavy atom. The number of carbonyl (C=O) groups excluding carboxylic acids is 3. The van der Waals surface area contributed by atoms with Crippen molar-refractivity contribution in [1.29, 1.82) is 0 Å². The number of likely N-dealkylation sites (N-methyl/N-ethyl adjacent to an activating group) is 1. The van der Waals surface area contributed by atoms with Crippen molar-refractivity contribution < 1.29 is 19.1 Å². The molecule has 2 saturated heterocycles. The van der Waals surface area contributed by atoms with Crippen LogP contribution >= 0.6 is 0 Å². The number of ether oxygens (including phenoxy) is 1. The maximum absolute atomic E-state index is 12.8. The minimum atomic E-state index is -0.456. The first-order valence-corrected chi connectivity index (χ1v) is 7.98. The summed E-state index contributed by atoms with van der Waals surface area (Å²) in [6.07, 6.45) is 0. The second kappa shape index (κ2) is 5.54. The van der Waals surface area contributed by atoms with Crippen molar-refractivity contribution in [2.75, 3.05) is 33.3 Å². The standard InChI is InChI=1S/C16H22N4O4/c1-5-24-14(22)12-9(2)11(10(3)18-12)13(21)20-7-16(8-20)6-17-15(23)19(16)4/h18H,5-8H2,1-4H3,(H,17,23). The van der Waals surface area contributed by atoms with Gasteiger partial charge in [0, 0.05) is 32.4 Å². The molecule has 0 aliphatic carbocycles. The monoisotopic (exact) mass is 334 g/mol.